The number of carbonyl (C=O) groups is 5. The summed E-state index contributed by atoms with van der Waals surface area (Å²) in [4.78, 5) is 72.5. The molecule has 0 saturated carbocycles. The van der Waals surface area contributed by atoms with Crippen molar-refractivity contribution in [3.8, 4) is 5.75 Å². The van der Waals surface area contributed by atoms with Crippen LogP contribution in [0.3, 0.4) is 0 Å². The number of primary amides is 1. The maximum atomic E-state index is 13.4. The molecule has 2 aromatic rings. The van der Waals surface area contributed by atoms with Crippen molar-refractivity contribution >= 4 is 41.2 Å². The summed E-state index contributed by atoms with van der Waals surface area (Å²) in [6.45, 7) is 5.87. The SMILES string of the molecule is CCCCCCC(=O)N[C@H](C(=O)C[C@@H](CCCNC(N)=O)C(=O)Nc1ccc(COC(=O)Oc2ccc([N+](=O)[O-])cc2)cc1)C(C)C. The second-order valence-corrected chi connectivity index (χ2v) is 11.5. The number of rotatable bonds is 20. The zero-order chi connectivity index (χ0) is 34.8. The predicted octanol–water partition coefficient (Wildman–Crippen LogP) is 5.38. The van der Waals surface area contributed by atoms with E-state index >= 15 is 0 Å². The highest BCUT2D eigenvalue weighted by Crippen LogP contribution is 2.21. The summed E-state index contributed by atoms with van der Waals surface area (Å²) >= 11 is 0. The first-order valence-electron chi connectivity index (χ1n) is 15.7. The molecule has 14 nitrogen and oxygen atoms in total. The van der Waals surface area contributed by atoms with Crippen LogP contribution in [0.15, 0.2) is 48.5 Å². The second-order valence-electron chi connectivity index (χ2n) is 11.5. The Morgan fingerprint density at radius 1 is 0.936 bits per heavy atom. The summed E-state index contributed by atoms with van der Waals surface area (Å²) in [5.74, 6) is -1.68. The van der Waals surface area contributed by atoms with Crippen molar-refractivity contribution in [3.63, 3.8) is 0 Å². The highest BCUT2D eigenvalue weighted by atomic mass is 16.7. The minimum atomic E-state index is -0.998. The molecule has 0 aromatic heterocycles. The van der Waals surface area contributed by atoms with Crippen LogP contribution in [0.4, 0.5) is 21.0 Å². The number of benzene rings is 2. The quantitative estimate of drug-likeness (QED) is 0.0473. The number of ether oxygens (including phenoxy) is 2. The van der Waals surface area contributed by atoms with Gasteiger partial charge in [-0.3, -0.25) is 24.5 Å². The number of unbranched alkanes of at least 4 members (excludes halogenated alkanes) is 3. The number of hydrogen-bond acceptors (Lipinski definition) is 9. The van der Waals surface area contributed by atoms with Gasteiger partial charge in [-0.15, -0.1) is 0 Å². The number of nitrogens with zero attached hydrogens (tertiary/aromatic N) is 1. The van der Waals surface area contributed by atoms with E-state index in [1.165, 1.54) is 24.3 Å². The first-order chi connectivity index (χ1) is 22.4. The summed E-state index contributed by atoms with van der Waals surface area (Å²) in [6, 6.07) is 10.0. The minimum absolute atomic E-state index is 0.0848. The third kappa shape index (κ3) is 14.8. The van der Waals surface area contributed by atoms with Crippen LogP contribution in [0, 0.1) is 22.0 Å². The van der Waals surface area contributed by atoms with E-state index in [0.29, 0.717) is 24.1 Å². The summed E-state index contributed by atoms with van der Waals surface area (Å²) in [5, 5.41) is 18.9. The van der Waals surface area contributed by atoms with Crippen LogP contribution in [-0.4, -0.2) is 47.3 Å². The topological polar surface area (TPSA) is 209 Å². The molecule has 2 rings (SSSR count). The Hall–Kier alpha value is -5.01. The Morgan fingerprint density at radius 3 is 2.21 bits per heavy atom. The lowest BCUT2D eigenvalue weighted by atomic mass is 9.89. The number of anilines is 1. The third-order valence-corrected chi connectivity index (χ3v) is 7.26. The number of Topliss-reactive ketones (excluding diaryl/α,β-unsaturated/α-hetero) is 1. The van der Waals surface area contributed by atoms with Gasteiger partial charge in [-0.2, -0.15) is 0 Å². The Labute approximate surface area is 274 Å². The van der Waals surface area contributed by atoms with Crippen molar-refractivity contribution in [2.24, 2.45) is 17.6 Å². The van der Waals surface area contributed by atoms with Crippen molar-refractivity contribution in [2.45, 2.75) is 84.8 Å². The second kappa shape index (κ2) is 20.2. The Kier molecular flexibility index (Phi) is 16.4. The molecule has 0 aliphatic carbocycles. The molecular formula is C33H45N5O9. The molecule has 5 N–H and O–H groups in total. The van der Waals surface area contributed by atoms with E-state index in [4.69, 9.17) is 15.2 Å². The van der Waals surface area contributed by atoms with Crippen molar-refractivity contribution in [1.29, 1.82) is 0 Å². The van der Waals surface area contributed by atoms with Crippen molar-refractivity contribution < 1.29 is 38.4 Å². The fourth-order valence-corrected chi connectivity index (χ4v) is 4.67. The standard InChI is InChI=1S/C33H45N5O9/c1-4-5-6-7-10-29(40)37-30(22(2)3)28(39)20-24(9-8-19-35-32(34)42)31(41)36-25-13-11-23(12-14-25)21-46-33(43)47-27-17-15-26(16-18-27)38(44)45/h11-18,22,24,30H,4-10,19-21H2,1-3H3,(H,36,41)(H,37,40)(H3,34,35,42)/t24-,30+/m1/s1. The lowest BCUT2D eigenvalue weighted by molar-refractivity contribution is -0.384. The lowest BCUT2D eigenvalue weighted by Gasteiger charge is -2.24. The monoisotopic (exact) mass is 655 g/mol. The van der Waals surface area contributed by atoms with Gasteiger partial charge in [0.1, 0.15) is 12.4 Å². The van der Waals surface area contributed by atoms with Crippen LogP contribution in [-0.2, 0) is 25.7 Å². The predicted molar refractivity (Wildman–Crippen MR) is 174 cm³/mol. The van der Waals surface area contributed by atoms with Crippen LogP contribution >= 0.6 is 0 Å². The van der Waals surface area contributed by atoms with Gasteiger partial charge in [0, 0.05) is 43.1 Å². The van der Waals surface area contributed by atoms with E-state index in [1.54, 1.807) is 24.3 Å². The molecular weight excluding hydrogens is 610 g/mol. The van der Waals surface area contributed by atoms with Crippen molar-refractivity contribution in [1.82, 2.24) is 10.6 Å². The van der Waals surface area contributed by atoms with E-state index in [1.807, 2.05) is 13.8 Å². The molecule has 2 aromatic carbocycles. The number of non-ortho nitro benzene ring substituents is 1. The van der Waals surface area contributed by atoms with E-state index in [2.05, 4.69) is 22.9 Å². The van der Waals surface area contributed by atoms with E-state index in [9.17, 15) is 34.1 Å². The van der Waals surface area contributed by atoms with Crippen molar-refractivity contribution in [3.05, 3.63) is 64.2 Å². The minimum Gasteiger partial charge on any atom is -0.429 e. The summed E-state index contributed by atoms with van der Waals surface area (Å²) in [6.07, 6.45) is 3.69. The molecule has 0 unspecified atom stereocenters. The van der Waals surface area contributed by atoms with E-state index in [-0.39, 0.29) is 55.0 Å². The fourth-order valence-electron chi connectivity index (χ4n) is 4.67. The molecule has 0 saturated heterocycles. The van der Waals surface area contributed by atoms with Gasteiger partial charge in [0.05, 0.1) is 11.0 Å². The number of amides is 4. The normalized spacial score (nSPS) is 12.0. The Bertz CT molecular complexity index is 1350. The zero-order valence-corrected chi connectivity index (χ0v) is 27.1. The molecule has 0 heterocycles. The maximum absolute atomic E-state index is 13.4. The number of carbonyl (C=O) groups excluding carboxylic acids is 5. The number of nitrogens with one attached hydrogen (secondary N) is 3. The summed E-state index contributed by atoms with van der Waals surface area (Å²) in [7, 11) is 0. The summed E-state index contributed by atoms with van der Waals surface area (Å²) < 4.78 is 10.1. The van der Waals surface area contributed by atoms with Gasteiger partial charge < -0.3 is 31.2 Å². The highest BCUT2D eigenvalue weighted by molar-refractivity contribution is 5.97. The van der Waals surface area contributed by atoms with E-state index < -0.39 is 35.0 Å². The van der Waals surface area contributed by atoms with Gasteiger partial charge >= 0.3 is 12.2 Å². The number of nitrogens with two attached hydrogens (primary N) is 1. The molecule has 0 spiro atoms. The molecule has 0 radical (unpaired) electrons. The molecule has 4 amide bonds. The first kappa shape index (κ1) is 38.2. The smallest absolute Gasteiger partial charge is 0.429 e. The van der Waals surface area contributed by atoms with Crippen LogP contribution in [0.25, 0.3) is 0 Å². The van der Waals surface area contributed by atoms with Gasteiger partial charge in [0.15, 0.2) is 5.78 Å². The molecule has 256 valence electrons. The Morgan fingerprint density at radius 2 is 1.62 bits per heavy atom. The molecule has 0 fully saturated rings. The molecule has 47 heavy (non-hydrogen) atoms. The van der Waals surface area contributed by atoms with E-state index in [0.717, 1.165) is 25.7 Å². The van der Waals surface area contributed by atoms with Gasteiger partial charge in [0.25, 0.3) is 5.69 Å². The Balaban J connectivity index is 1.98. The van der Waals surface area contributed by atoms with Crippen LogP contribution in [0.5, 0.6) is 5.75 Å². The van der Waals surface area contributed by atoms with Gasteiger partial charge in [-0.1, -0.05) is 52.2 Å². The molecule has 0 aliphatic rings. The molecule has 0 bridgehead atoms. The third-order valence-electron chi connectivity index (χ3n) is 7.26. The lowest BCUT2D eigenvalue weighted by Crippen LogP contribution is -2.45. The molecule has 14 heteroatoms. The van der Waals surface area contributed by atoms with Crippen LogP contribution < -0.4 is 26.4 Å². The number of hydrogen-bond donors (Lipinski definition) is 4. The largest absolute Gasteiger partial charge is 0.514 e. The maximum Gasteiger partial charge on any atom is 0.514 e. The molecule has 2 atom stereocenters. The van der Waals surface area contributed by atoms with Gasteiger partial charge in [-0.25, -0.2) is 9.59 Å². The highest BCUT2D eigenvalue weighted by Gasteiger charge is 2.29. The number of urea groups is 1. The molecule has 0 aliphatic heterocycles. The average molecular weight is 656 g/mol. The summed E-state index contributed by atoms with van der Waals surface area (Å²) in [5.41, 5.74) is 6.04. The zero-order valence-electron chi connectivity index (χ0n) is 27.1. The number of ketones is 1. The average Bonchev–Trinajstić information content (AvgIpc) is 3.03. The first-order valence-corrected chi connectivity index (χ1v) is 15.7. The van der Waals surface area contributed by atoms with Gasteiger partial charge in [0.2, 0.25) is 11.8 Å². The van der Waals surface area contributed by atoms with Crippen LogP contribution in [0.1, 0.15) is 77.7 Å². The number of nitro benzene ring substituents is 1. The van der Waals surface area contributed by atoms with Crippen molar-refractivity contribution in [2.75, 3.05) is 11.9 Å². The van der Waals surface area contributed by atoms with Crippen LogP contribution in [0.2, 0.25) is 0 Å². The fraction of sp³-hybridized carbons (Fsp3) is 0.485. The van der Waals surface area contributed by atoms with Gasteiger partial charge in [-0.05, 0) is 55.0 Å². The number of nitro groups is 1.